The van der Waals surface area contributed by atoms with E-state index in [1.165, 1.54) is 44.3 Å². The second-order valence-electron chi connectivity index (χ2n) is 6.08. The van der Waals surface area contributed by atoms with Crippen molar-refractivity contribution in [2.45, 2.75) is 26.8 Å². The van der Waals surface area contributed by atoms with E-state index in [0.717, 1.165) is 0 Å². The molecule has 2 aromatic rings. The molecule has 23 heavy (non-hydrogen) atoms. The molecule has 1 atom stereocenters. The molecule has 1 heteroatoms. The normalized spacial score (nSPS) is 17.3. The highest BCUT2D eigenvalue weighted by Gasteiger charge is 2.25. The van der Waals surface area contributed by atoms with Crippen molar-refractivity contribution in [3.63, 3.8) is 0 Å². The third-order valence-corrected chi connectivity index (χ3v) is 4.75. The lowest BCUT2D eigenvalue weighted by Gasteiger charge is -2.31. The first-order chi connectivity index (χ1) is 11.1. The predicted molar refractivity (Wildman–Crippen MR) is 102 cm³/mol. The first-order valence-electron chi connectivity index (χ1n) is 8.04. The third-order valence-electron chi connectivity index (χ3n) is 4.75. The Labute approximate surface area is 138 Å². The summed E-state index contributed by atoms with van der Waals surface area (Å²) < 4.78 is 0. The molecule has 0 fully saturated rings. The van der Waals surface area contributed by atoms with E-state index < -0.39 is 0 Å². The largest absolute Gasteiger partial charge is 0.378 e. The van der Waals surface area contributed by atoms with E-state index in [4.69, 9.17) is 0 Å². The topological polar surface area (TPSA) is 12.0 Å². The van der Waals surface area contributed by atoms with Gasteiger partial charge in [0.2, 0.25) is 0 Å². The Hall–Kier alpha value is -2.54. The highest BCUT2D eigenvalue weighted by molar-refractivity contribution is 6.02. The summed E-state index contributed by atoms with van der Waals surface area (Å²) in [6.07, 6.45) is 7.88. The molecule has 116 valence electrons. The Morgan fingerprint density at radius 1 is 1.09 bits per heavy atom. The van der Waals surface area contributed by atoms with Crippen molar-refractivity contribution < 1.29 is 0 Å². The number of rotatable bonds is 3. The minimum Gasteiger partial charge on any atom is -0.378 e. The Balaban J connectivity index is 2.45. The number of hydrogen-bond donors (Lipinski definition) is 1. The number of hydrogen-bond acceptors (Lipinski definition) is 1. The molecule has 0 spiro atoms. The number of benzene rings is 2. The van der Waals surface area contributed by atoms with Gasteiger partial charge < -0.3 is 5.32 Å². The van der Waals surface area contributed by atoms with Gasteiger partial charge in [0.15, 0.2) is 0 Å². The first-order valence-corrected chi connectivity index (χ1v) is 8.04. The van der Waals surface area contributed by atoms with Gasteiger partial charge in [0.05, 0.1) is 0 Å². The predicted octanol–water partition coefficient (Wildman–Crippen LogP) is 5.93. The number of fused-ring (bicyclic) bond motifs is 3. The van der Waals surface area contributed by atoms with Gasteiger partial charge in [-0.25, -0.2) is 0 Å². The monoisotopic (exact) mass is 301 g/mol. The highest BCUT2D eigenvalue weighted by Crippen LogP contribution is 2.41. The number of allylic oxidation sites excluding steroid dienone is 4. The van der Waals surface area contributed by atoms with Crippen LogP contribution in [-0.4, -0.2) is 0 Å². The van der Waals surface area contributed by atoms with Crippen molar-refractivity contribution in [1.82, 2.24) is 5.32 Å². The molecule has 1 aliphatic heterocycles. The summed E-state index contributed by atoms with van der Waals surface area (Å²) in [7, 11) is 0. The maximum absolute atomic E-state index is 4.04. The zero-order chi connectivity index (χ0) is 16.6. The average molecular weight is 301 g/mol. The van der Waals surface area contributed by atoms with Crippen LogP contribution < -0.4 is 5.32 Å². The summed E-state index contributed by atoms with van der Waals surface area (Å²) in [6, 6.07) is 8.89. The van der Waals surface area contributed by atoms with E-state index in [9.17, 15) is 0 Å². The maximum atomic E-state index is 4.04. The fourth-order valence-electron chi connectivity index (χ4n) is 3.71. The standard InChI is InChI=1S/C22H23N/c1-6-8-13-20-15(4)22-19-12-10-9-11-18(19)17(7-2)14(3)21(22)16(5)23-20/h6-13,16,23H,1-2H2,3-5H3/b13-8-. The summed E-state index contributed by atoms with van der Waals surface area (Å²) >= 11 is 0. The van der Waals surface area contributed by atoms with Crippen molar-refractivity contribution in [1.29, 1.82) is 0 Å². The molecule has 1 nitrogen and oxygen atoms in total. The summed E-state index contributed by atoms with van der Waals surface area (Å²) in [6.45, 7) is 14.4. The molecule has 0 radical (unpaired) electrons. The van der Waals surface area contributed by atoms with Crippen LogP contribution in [0, 0.1) is 6.92 Å². The lowest BCUT2D eigenvalue weighted by molar-refractivity contribution is 0.650. The Bertz CT molecular complexity index is 865. The summed E-state index contributed by atoms with van der Waals surface area (Å²) in [5, 5.41) is 6.21. The van der Waals surface area contributed by atoms with Gasteiger partial charge in [-0.15, -0.1) is 0 Å². The second-order valence-corrected chi connectivity index (χ2v) is 6.08. The molecule has 0 bridgehead atoms. The van der Waals surface area contributed by atoms with E-state index in [1.54, 1.807) is 0 Å². The lowest BCUT2D eigenvalue weighted by Crippen LogP contribution is -2.25. The fraction of sp³-hybridized carbons (Fsp3) is 0.182. The summed E-state index contributed by atoms with van der Waals surface area (Å²) in [4.78, 5) is 0. The van der Waals surface area contributed by atoms with Gasteiger partial charge >= 0.3 is 0 Å². The van der Waals surface area contributed by atoms with Gasteiger partial charge in [-0.1, -0.05) is 55.7 Å². The molecule has 0 amide bonds. The Morgan fingerprint density at radius 3 is 2.43 bits per heavy atom. The van der Waals surface area contributed by atoms with Crippen LogP contribution in [0.5, 0.6) is 0 Å². The maximum Gasteiger partial charge on any atom is 0.0494 e. The van der Waals surface area contributed by atoms with E-state index in [-0.39, 0.29) is 6.04 Å². The smallest absolute Gasteiger partial charge is 0.0494 e. The molecule has 0 aromatic heterocycles. The van der Waals surface area contributed by atoms with E-state index in [1.807, 2.05) is 18.2 Å². The SMILES string of the molecule is C=C/C=C\C1=C(C)c2c(c(C)c(C=C)c3ccccc23)C(C)N1. The van der Waals surface area contributed by atoms with Crippen LogP contribution in [0.3, 0.4) is 0 Å². The van der Waals surface area contributed by atoms with Crippen molar-refractivity contribution in [2.24, 2.45) is 0 Å². The van der Waals surface area contributed by atoms with Gasteiger partial charge in [0.25, 0.3) is 0 Å². The summed E-state index contributed by atoms with van der Waals surface area (Å²) in [5.74, 6) is 0. The van der Waals surface area contributed by atoms with Crippen LogP contribution in [0.4, 0.5) is 0 Å². The molecule has 0 saturated carbocycles. The van der Waals surface area contributed by atoms with E-state index >= 15 is 0 Å². The molecule has 1 unspecified atom stereocenters. The molecule has 0 aliphatic carbocycles. The first kappa shape index (κ1) is 15.4. The van der Waals surface area contributed by atoms with Crippen LogP contribution in [0.1, 0.15) is 42.1 Å². The average Bonchev–Trinajstić information content (AvgIpc) is 2.56. The van der Waals surface area contributed by atoms with Crippen LogP contribution >= 0.6 is 0 Å². The quantitative estimate of drug-likeness (QED) is 0.693. The molecule has 3 rings (SSSR count). The van der Waals surface area contributed by atoms with Crippen molar-refractivity contribution in [3.05, 3.63) is 83.6 Å². The summed E-state index contributed by atoms with van der Waals surface area (Å²) in [5.41, 5.74) is 7.75. The van der Waals surface area contributed by atoms with Crippen molar-refractivity contribution in [3.8, 4) is 0 Å². The minimum absolute atomic E-state index is 0.265. The molecular formula is C22H23N. The van der Waals surface area contributed by atoms with Crippen molar-refractivity contribution in [2.75, 3.05) is 0 Å². The number of nitrogens with one attached hydrogen (secondary N) is 1. The lowest BCUT2D eigenvalue weighted by atomic mass is 9.81. The fourth-order valence-corrected chi connectivity index (χ4v) is 3.71. The zero-order valence-corrected chi connectivity index (χ0v) is 14.1. The third kappa shape index (κ3) is 2.33. The molecule has 0 saturated heterocycles. The van der Waals surface area contributed by atoms with Crippen LogP contribution in [0.2, 0.25) is 0 Å². The Morgan fingerprint density at radius 2 is 1.78 bits per heavy atom. The van der Waals surface area contributed by atoms with Gasteiger partial charge in [-0.2, -0.15) is 0 Å². The second kappa shape index (κ2) is 5.92. The van der Waals surface area contributed by atoms with E-state index in [0.29, 0.717) is 0 Å². The van der Waals surface area contributed by atoms with E-state index in [2.05, 4.69) is 69.6 Å². The zero-order valence-electron chi connectivity index (χ0n) is 14.1. The van der Waals surface area contributed by atoms with Gasteiger partial charge in [-0.05, 0) is 65.4 Å². The molecule has 1 aliphatic rings. The molecular weight excluding hydrogens is 278 g/mol. The van der Waals surface area contributed by atoms with Crippen molar-refractivity contribution >= 4 is 22.4 Å². The van der Waals surface area contributed by atoms with Gasteiger partial charge in [0, 0.05) is 11.7 Å². The molecule has 1 heterocycles. The molecule has 1 N–H and O–H groups in total. The minimum atomic E-state index is 0.265. The molecule has 2 aromatic carbocycles. The van der Waals surface area contributed by atoms with Gasteiger partial charge in [0.1, 0.15) is 0 Å². The van der Waals surface area contributed by atoms with Crippen LogP contribution in [-0.2, 0) is 0 Å². The van der Waals surface area contributed by atoms with Gasteiger partial charge in [-0.3, -0.25) is 0 Å². The van der Waals surface area contributed by atoms with Crippen LogP contribution in [0.15, 0.2) is 61.3 Å². The van der Waals surface area contributed by atoms with Crippen LogP contribution in [0.25, 0.3) is 22.4 Å². The highest BCUT2D eigenvalue weighted by atomic mass is 14.9. The Kier molecular flexibility index (Phi) is 3.96.